The zero-order chi connectivity index (χ0) is 14.6. The van der Waals surface area contributed by atoms with Gasteiger partial charge in [0.15, 0.2) is 5.16 Å². The Morgan fingerprint density at radius 1 is 1.05 bits per heavy atom. The van der Waals surface area contributed by atoms with E-state index in [1.807, 2.05) is 6.26 Å². The van der Waals surface area contributed by atoms with Gasteiger partial charge in [0.05, 0.1) is 33.0 Å². The van der Waals surface area contributed by atoms with Gasteiger partial charge < -0.3 is 24.7 Å². The van der Waals surface area contributed by atoms with Crippen LogP contribution in [0.15, 0.2) is 11.2 Å². The smallest absolute Gasteiger partial charge is 0.219 e. The lowest BCUT2D eigenvalue weighted by atomic mass is 10.6. The summed E-state index contributed by atoms with van der Waals surface area (Å²) in [5.74, 6) is 0.855. The van der Waals surface area contributed by atoms with Crippen LogP contribution in [0.5, 0.6) is 5.88 Å². The van der Waals surface area contributed by atoms with Gasteiger partial charge in [-0.2, -0.15) is 4.98 Å². The minimum absolute atomic E-state index is 0.395. The van der Waals surface area contributed by atoms with Crippen molar-refractivity contribution in [2.75, 3.05) is 58.7 Å². The molecule has 0 saturated carbocycles. The van der Waals surface area contributed by atoms with E-state index in [-0.39, 0.29) is 0 Å². The Morgan fingerprint density at radius 3 is 2.35 bits per heavy atom. The highest BCUT2D eigenvalue weighted by Crippen LogP contribution is 2.16. The zero-order valence-corrected chi connectivity index (χ0v) is 12.6. The van der Waals surface area contributed by atoms with Crippen LogP contribution in [0.25, 0.3) is 0 Å². The Labute approximate surface area is 123 Å². The molecule has 0 saturated heterocycles. The molecule has 0 bridgehead atoms. The molecule has 0 fully saturated rings. The largest absolute Gasteiger partial charge is 0.475 e. The van der Waals surface area contributed by atoms with E-state index in [1.165, 1.54) is 11.8 Å². The monoisotopic (exact) mass is 303 g/mol. The number of rotatable bonds is 11. The molecule has 0 spiro atoms. The fourth-order valence-electron chi connectivity index (χ4n) is 1.26. The van der Waals surface area contributed by atoms with Crippen molar-refractivity contribution in [2.24, 2.45) is 0 Å². The van der Waals surface area contributed by atoms with Crippen molar-refractivity contribution in [3.05, 3.63) is 6.07 Å². The lowest BCUT2D eigenvalue weighted by molar-refractivity contribution is 0.0176. The van der Waals surface area contributed by atoms with Gasteiger partial charge in [0, 0.05) is 13.2 Å². The minimum Gasteiger partial charge on any atom is -0.475 e. The molecule has 8 heteroatoms. The summed E-state index contributed by atoms with van der Waals surface area (Å²) in [4.78, 5) is 8.21. The van der Waals surface area contributed by atoms with E-state index in [1.54, 1.807) is 13.2 Å². The number of nitrogens with zero attached hydrogens (tertiary/aromatic N) is 2. The average molecular weight is 303 g/mol. The first-order chi connectivity index (χ1) is 9.76. The Bertz CT molecular complexity index is 382. The van der Waals surface area contributed by atoms with Crippen molar-refractivity contribution in [3.8, 4) is 5.88 Å². The van der Waals surface area contributed by atoms with E-state index in [9.17, 15) is 0 Å². The quantitative estimate of drug-likeness (QED) is 0.365. The topological polar surface area (TPSA) is 88.7 Å². The first-order valence-electron chi connectivity index (χ1n) is 6.22. The van der Waals surface area contributed by atoms with Gasteiger partial charge in [0.1, 0.15) is 12.4 Å². The highest BCUT2D eigenvalue weighted by Gasteiger charge is 2.02. The van der Waals surface area contributed by atoms with Crippen LogP contribution >= 0.6 is 11.8 Å². The maximum Gasteiger partial charge on any atom is 0.219 e. The van der Waals surface area contributed by atoms with E-state index in [0.717, 1.165) is 0 Å². The zero-order valence-electron chi connectivity index (χ0n) is 11.8. The highest BCUT2D eigenvalue weighted by atomic mass is 32.2. The molecule has 1 heterocycles. The van der Waals surface area contributed by atoms with E-state index >= 15 is 0 Å². The molecule has 114 valence electrons. The molecule has 1 rings (SSSR count). The third-order valence-corrected chi connectivity index (χ3v) is 2.71. The van der Waals surface area contributed by atoms with Crippen LogP contribution in [-0.2, 0) is 14.2 Å². The number of nitrogens with two attached hydrogens (primary N) is 1. The normalized spacial score (nSPS) is 10.7. The number of anilines is 1. The van der Waals surface area contributed by atoms with Gasteiger partial charge in [-0.25, -0.2) is 4.98 Å². The van der Waals surface area contributed by atoms with Crippen LogP contribution in [0.4, 0.5) is 5.82 Å². The molecular weight excluding hydrogens is 282 g/mol. The summed E-state index contributed by atoms with van der Waals surface area (Å²) in [6.07, 6.45) is 1.88. The first-order valence-corrected chi connectivity index (χ1v) is 7.44. The molecule has 20 heavy (non-hydrogen) atoms. The summed E-state index contributed by atoms with van der Waals surface area (Å²) < 4.78 is 20.9. The van der Waals surface area contributed by atoms with Crippen LogP contribution < -0.4 is 10.5 Å². The van der Waals surface area contributed by atoms with Crippen LogP contribution in [0.3, 0.4) is 0 Å². The molecule has 0 amide bonds. The molecule has 7 nitrogen and oxygen atoms in total. The maximum absolute atomic E-state index is 5.64. The lowest BCUT2D eigenvalue weighted by Crippen LogP contribution is -2.13. The molecule has 1 aromatic rings. The van der Waals surface area contributed by atoms with Crippen molar-refractivity contribution in [1.82, 2.24) is 9.97 Å². The van der Waals surface area contributed by atoms with Gasteiger partial charge in [-0.15, -0.1) is 0 Å². The number of ether oxygens (including phenoxy) is 4. The van der Waals surface area contributed by atoms with Gasteiger partial charge in [-0.1, -0.05) is 11.8 Å². The summed E-state index contributed by atoms with van der Waals surface area (Å²) in [6, 6.07) is 1.59. The third kappa shape index (κ3) is 7.49. The first kappa shape index (κ1) is 17.0. The molecule has 0 aliphatic rings. The van der Waals surface area contributed by atoms with Gasteiger partial charge in [0.2, 0.25) is 5.88 Å². The average Bonchev–Trinajstić information content (AvgIpc) is 2.45. The van der Waals surface area contributed by atoms with Crippen LogP contribution in [0.1, 0.15) is 0 Å². The van der Waals surface area contributed by atoms with Gasteiger partial charge in [-0.3, -0.25) is 0 Å². The third-order valence-electron chi connectivity index (χ3n) is 2.17. The molecule has 2 N–H and O–H groups in total. The van der Waals surface area contributed by atoms with Crippen molar-refractivity contribution >= 4 is 17.6 Å². The van der Waals surface area contributed by atoms with E-state index < -0.39 is 0 Å². The van der Waals surface area contributed by atoms with Crippen molar-refractivity contribution in [1.29, 1.82) is 0 Å². The molecule has 1 aromatic heterocycles. The fraction of sp³-hybridized carbons (Fsp3) is 0.667. The van der Waals surface area contributed by atoms with Gasteiger partial charge in [0.25, 0.3) is 0 Å². The Kier molecular flexibility index (Phi) is 9.05. The number of hydrogen-bond acceptors (Lipinski definition) is 8. The second-order valence-corrected chi connectivity index (χ2v) is 4.46. The van der Waals surface area contributed by atoms with Crippen LogP contribution in [0.2, 0.25) is 0 Å². The Balaban J connectivity index is 2.08. The fourth-order valence-corrected chi connectivity index (χ4v) is 1.63. The highest BCUT2D eigenvalue weighted by molar-refractivity contribution is 7.98. The van der Waals surface area contributed by atoms with Gasteiger partial charge >= 0.3 is 0 Å². The van der Waals surface area contributed by atoms with Gasteiger partial charge in [-0.05, 0) is 6.26 Å². The predicted octanol–water partition coefficient (Wildman–Crippen LogP) is 0.839. The van der Waals surface area contributed by atoms with Crippen LogP contribution in [0, 0.1) is 0 Å². The van der Waals surface area contributed by atoms with E-state index in [2.05, 4.69) is 9.97 Å². The molecule has 0 atom stereocenters. The molecule has 0 aromatic carbocycles. The number of thioether (sulfide) groups is 1. The van der Waals surface area contributed by atoms with Crippen molar-refractivity contribution < 1.29 is 18.9 Å². The molecule has 0 unspecified atom stereocenters. The summed E-state index contributed by atoms with van der Waals surface area (Å²) in [7, 11) is 1.64. The summed E-state index contributed by atoms with van der Waals surface area (Å²) in [6.45, 7) is 3.11. The lowest BCUT2D eigenvalue weighted by Gasteiger charge is -2.08. The van der Waals surface area contributed by atoms with E-state index in [0.29, 0.717) is 56.5 Å². The Hall–Kier alpha value is -1.09. The second kappa shape index (κ2) is 10.7. The molecular formula is C12H21N3O4S. The SMILES string of the molecule is COCCOCCOCCOc1cc(N)nc(SC)n1. The van der Waals surface area contributed by atoms with Crippen LogP contribution in [-0.4, -0.2) is 63.0 Å². The standard InChI is InChI=1S/C12H21N3O4S/c1-16-3-4-17-5-6-18-7-8-19-11-9-10(13)14-12(15-11)20-2/h9H,3-8H2,1-2H3,(H2,13,14,15). The molecule has 0 radical (unpaired) electrons. The summed E-state index contributed by atoms with van der Waals surface area (Å²) >= 11 is 1.41. The van der Waals surface area contributed by atoms with Crippen molar-refractivity contribution in [3.63, 3.8) is 0 Å². The summed E-state index contributed by atoms with van der Waals surface area (Å²) in [5, 5.41) is 0.590. The minimum atomic E-state index is 0.395. The number of hydrogen-bond donors (Lipinski definition) is 1. The molecule has 0 aliphatic heterocycles. The number of methoxy groups -OCH3 is 1. The predicted molar refractivity (Wildman–Crippen MR) is 77.2 cm³/mol. The maximum atomic E-state index is 5.64. The Morgan fingerprint density at radius 2 is 1.70 bits per heavy atom. The number of nitrogen functional groups attached to an aromatic ring is 1. The second-order valence-electron chi connectivity index (χ2n) is 3.68. The van der Waals surface area contributed by atoms with Crippen molar-refractivity contribution in [2.45, 2.75) is 5.16 Å². The van der Waals surface area contributed by atoms with E-state index in [4.69, 9.17) is 24.7 Å². The number of aromatic nitrogens is 2. The summed E-state index contributed by atoms with van der Waals surface area (Å²) in [5.41, 5.74) is 5.64. The molecule has 0 aliphatic carbocycles.